The molecule has 9 nitrogen and oxygen atoms in total. The molecule has 1 aromatic heterocycles. The van der Waals surface area contributed by atoms with Gasteiger partial charge in [-0.3, -0.25) is 4.79 Å². The molecule has 10 heteroatoms. The summed E-state index contributed by atoms with van der Waals surface area (Å²) in [5.41, 5.74) is 0.910. The van der Waals surface area contributed by atoms with E-state index in [-0.39, 0.29) is 17.2 Å². The molecule has 0 aliphatic carbocycles. The molecule has 1 heterocycles. The maximum Gasteiger partial charge on any atom is 0.346 e. The summed E-state index contributed by atoms with van der Waals surface area (Å²) in [6, 6.07) is 8.69. The van der Waals surface area contributed by atoms with Crippen LogP contribution in [0.3, 0.4) is 0 Å². The van der Waals surface area contributed by atoms with Gasteiger partial charge in [0.2, 0.25) is 5.75 Å². The third-order valence-electron chi connectivity index (χ3n) is 4.98. The molecule has 0 unspecified atom stereocenters. The number of esters is 1. The molecule has 3 rings (SSSR count). The number of carbonyl (C=O) groups is 1. The number of carbonyl (C=O) groups excluding carboxylic acids is 1. The van der Waals surface area contributed by atoms with Crippen LogP contribution in [0.5, 0.6) is 17.2 Å². The molecule has 0 saturated heterocycles. The summed E-state index contributed by atoms with van der Waals surface area (Å²) >= 11 is 3.40. The standard InChI is InChI=1S/C24H26BrN3O6/c1-13(2)22-27-18-8-7-16(25)11-17(18)23(29)28(22)26-12-15-9-19(31-4)21(20(10-15)32-5)34-14(3)24(30)33-6/h7-14H,1-6H3/t14-/m0/s1. The zero-order valence-corrected chi connectivity index (χ0v) is 21.4. The van der Waals surface area contributed by atoms with Crippen molar-refractivity contribution in [3.05, 3.63) is 56.5 Å². The van der Waals surface area contributed by atoms with E-state index in [1.165, 1.54) is 32.2 Å². The van der Waals surface area contributed by atoms with Gasteiger partial charge in [-0.25, -0.2) is 9.78 Å². The zero-order chi connectivity index (χ0) is 25.0. The molecule has 34 heavy (non-hydrogen) atoms. The number of nitrogens with zero attached hydrogens (tertiary/aromatic N) is 3. The molecule has 0 aliphatic heterocycles. The van der Waals surface area contributed by atoms with Crippen LogP contribution in [0.15, 0.2) is 44.7 Å². The van der Waals surface area contributed by atoms with Gasteiger partial charge in [-0.05, 0) is 37.3 Å². The highest BCUT2D eigenvalue weighted by molar-refractivity contribution is 9.10. The van der Waals surface area contributed by atoms with Crippen molar-refractivity contribution in [2.75, 3.05) is 21.3 Å². The molecule has 0 bridgehead atoms. The predicted molar refractivity (Wildman–Crippen MR) is 132 cm³/mol. The van der Waals surface area contributed by atoms with Crippen LogP contribution < -0.4 is 19.8 Å². The minimum absolute atomic E-state index is 0.0439. The second-order valence-corrected chi connectivity index (χ2v) is 8.60. The van der Waals surface area contributed by atoms with Crippen LogP contribution >= 0.6 is 15.9 Å². The Labute approximate surface area is 205 Å². The third kappa shape index (κ3) is 5.22. The fraction of sp³-hybridized carbons (Fsp3) is 0.333. The second kappa shape index (κ2) is 10.7. The molecule has 0 fully saturated rings. The Morgan fingerprint density at radius 1 is 1.09 bits per heavy atom. The van der Waals surface area contributed by atoms with Gasteiger partial charge < -0.3 is 18.9 Å². The lowest BCUT2D eigenvalue weighted by atomic mass is 10.2. The Hall–Kier alpha value is -3.40. The van der Waals surface area contributed by atoms with Crippen molar-refractivity contribution < 1.29 is 23.7 Å². The van der Waals surface area contributed by atoms with E-state index in [1.807, 2.05) is 19.9 Å². The normalized spacial score (nSPS) is 12.2. The number of halogens is 1. The van der Waals surface area contributed by atoms with Gasteiger partial charge in [-0.1, -0.05) is 29.8 Å². The summed E-state index contributed by atoms with van der Waals surface area (Å²) in [7, 11) is 4.22. The molecule has 0 amide bonds. The molecule has 180 valence electrons. The molecule has 3 aromatic rings. The van der Waals surface area contributed by atoms with Gasteiger partial charge in [-0.2, -0.15) is 9.78 Å². The topological polar surface area (TPSA) is 101 Å². The van der Waals surface area contributed by atoms with Crippen LogP contribution in [0, 0.1) is 0 Å². The molecule has 0 radical (unpaired) electrons. The average molecular weight is 532 g/mol. The van der Waals surface area contributed by atoms with Crippen LogP contribution in [0.2, 0.25) is 0 Å². The van der Waals surface area contributed by atoms with Crippen molar-refractivity contribution in [3.8, 4) is 17.2 Å². The molecule has 0 N–H and O–H groups in total. The first-order valence-electron chi connectivity index (χ1n) is 10.5. The van der Waals surface area contributed by atoms with Gasteiger partial charge in [-0.15, -0.1) is 0 Å². The van der Waals surface area contributed by atoms with Gasteiger partial charge in [0.15, 0.2) is 17.6 Å². The number of rotatable bonds is 8. The molecular formula is C24H26BrN3O6. The summed E-state index contributed by atoms with van der Waals surface area (Å²) < 4.78 is 23.4. The van der Waals surface area contributed by atoms with Crippen molar-refractivity contribution in [2.45, 2.75) is 32.8 Å². The number of methoxy groups -OCH3 is 3. The Kier molecular flexibility index (Phi) is 7.93. The van der Waals surface area contributed by atoms with E-state index in [2.05, 4.69) is 26.0 Å². The average Bonchev–Trinajstić information content (AvgIpc) is 2.83. The third-order valence-corrected chi connectivity index (χ3v) is 5.48. The number of hydrogen-bond acceptors (Lipinski definition) is 8. The Morgan fingerprint density at radius 3 is 2.29 bits per heavy atom. The minimum Gasteiger partial charge on any atom is -0.493 e. The van der Waals surface area contributed by atoms with E-state index in [0.717, 1.165) is 4.47 Å². The van der Waals surface area contributed by atoms with E-state index < -0.39 is 12.1 Å². The highest BCUT2D eigenvalue weighted by Gasteiger charge is 2.21. The fourth-order valence-corrected chi connectivity index (χ4v) is 3.62. The molecule has 0 saturated carbocycles. The van der Waals surface area contributed by atoms with Crippen LogP contribution in [0.25, 0.3) is 10.9 Å². The maximum absolute atomic E-state index is 13.2. The number of aromatic nitrogens is 2. The summed E-state index contributed by atoms with van der Waals surface area (Å²) in [4.78, 5) is 29.6. The summed E-state index contributed by atoms with van der Waals surface area (Å²) in [5.74, 6) is 0.851. The first-order valence-corrected chi connectivity index (χ1v) is 11.3. The van der Waals surface area contributed by atoms with Crippen LogP contribution in [-0.2, 0) is 9.53 Å². The summed E-state index contributed by atoms with van der Waals surface area (Å²) in [6.45, 7) is 5.45. The lowest BCUT2D eigenvalue weighted by Crippen LogP contribution is -2.25. The highest BCUT2D eigenvalue weighted by atomic mass is 79.9. The van der Waals surface area contributed by atoms with Gasteiger partial charge in [0.05, 0.1) is 38.4 Å². The fourth-order valence-electron chi connectivity index (χ4n) is 3.26. The zero-order valence-electron chi connectivity index (χ0n) is 19.8. The smallest absolute Gasteiger partial charge is 0.346 e. The molecule has 0 aliphatic rings. The first kappa shape index (κ1) is 25.2. The van der Waals surface area contributed by atoms with Gasteiger partial charge in [0.25, 0.3) is 5.56 Å². The van der Waals surface area contributed by atoms with Crippen molar-refractivity contribution in [2.24, 2.45) is 5.10 Å². The van der Waals surface area contributed by atoms with Crippen LogP contribution in [0.1, 0.15) is 38.1 Å². The number of ether oxygens (including phenoxy) is 4. The van der Waals surface area contributed by atoms with Gasteiger partial charge in [0.1, 0.15) is 5.82 Å². The molecular weight excluding hydrogens is 506 g/mol. The lowest BCUT2D eigenvalue weighted by molar-refractivity contribution is -0.148. The minimum atomic E-state index is -0.873. The summed E-state index contributed by atoms with van der Waals surface area (Å²) in [6.07, 6.45) is 0.639. The first-order chi connectivity index (χ1) is 16.2. The van der Waals surface area contributed by atoms with E-state index in [0.29, 0.717) is 33.8 Å². The van der Waals surface area contributed by atoms with E-state index >= 15 is 0 Å². The Morgan fingerprint density at radius 2 is 1.74 bits per heavy atom. The Bertz CT molecular complexity index is 1280. The van der Waals surface area contributed by atoms with Crippen LogP contribution in [-0.4, -0.2) is 49.3 Å². The quantitative estimate of drug-likeness (QED) is 0.318. The lowest BCUT2D eigenvalue weighted by Gasteiger charge is -2.18. The van der Waals surface area contributed by atoms with E-state index in [1.54, 1.807) is 31.2 Å². The monoisotopic (exact) mass is 531 g/mol. The van der Waals surface area contributed by atoms with Gasteiger partial charge in [0, 0.05) is 16.0 Å². The Balaban J connectivity index is 2.09. The summed E-state index contributed by atoms with van der Waals surface area (Å²) in [5, 5.41) is 4.89. The SMILES string of the molecule is COC(=O)[C@H](C)Oc1c(OC)cc(C=Nn2c(C(C)C)nc3ccc(Br)cc3c2=O)cc1OC. The largest absolute Gasteiger partial charge is 0.493 e. The highest BCUT2D eigenvalue weighted by Crippen LogP contribution is 2.39. The van der Waals surface area contributed by atoms with Crippen LogP contribution in [0.4, 0.5) is 0 Å². The van der Waals surface area contributed by atoms with Crippen molar-refractivity contribution in [1.82, 2.24) is 9.66 Å². The molecule has 2 aromatic carbocycles. The van der Waals surface area contributed by atoms with Crippen molar-refractivity contribution in [3.63, 3.8) is 0 Å². The molecule has 0 spiro atoms. The number of hydrogen-bond donors (Lipinski definition) is 0. The molecule has 1 atom stereocenters. The van der Waals surface area contributed by atoms with Gasteiger partial charge >= 0.3 is 5.97 Å². The van der Waals surface area contributed by atoms with Crippen molar-refractivity contribution >= 4 is 39.0 Å². The number of benzene rings is 2. The van der Waals surface area contributed by atoms with E-state index in [9.17, 15) is 9.59 Å². The maximum atomic E-state index is 13.2. The number of fused-ring (bicyclic) bond motifs is 1. The second-order valence-electron chi connectivity index (χ2n) is 7.69. The predicted octanol–water partition coefficient (Wildman–Crippen LogP) is 4.12. The van der Waals surface area contributed by atoms with E-state index in [4.69, 9.17) is 18.9 Å². The van der Waals surface area contributed by atoms with Crippen molar-refractivity contribution in [1.29, 1.82) is 0 Å².